The first kappa shape index (κ1) is 14.9. The second-order valence-corrected chi connectivity index (χ2v) is 5.28. The Morgan fingerprint density at radius 1 is 1.41 bits per heavy atom. The van der Waals surface area contributed by atoms with Crippen molar-refractivity contribution in [3.8, 4) is 0 Å². The van der Waals surface area contributed by atoms with E-state index in [9.17, 15) is 0 Å². The SMILES string of the molecule is CCCC(C)C(CN)N1CCCC(OCC)C1. The van der Waals surface area contributed by atoms with Gasteiger partial charge in [-0.25, -0.2) is 0 Å². The zero-order chi connectivity index (χ0) is 12.7. The van der Waals surface area contributed by atoms with E-state index in [1.54, 1.807) is 0 Å². The highest BCUT2D eigenvalue weighted by Crippen LogP contribution is 2.21. The molecule has 3 unspecified atom stereocenters. The summed E-state index contributed by atoms with van der Waals surface area (Å²) < 4.78 is 5.76. The second-order valence-electron chi connectivity index (χ2n) is 5.28. The van der Waals surface area contributed by atoms with E-state index >= 15 is 0 Å². The minimum atomic E-state index is 0.427. The van der Waals surface area contributed by atoms with Crippen LogP contribution in [0.3, 0.4) is 0 Å². The number of nitrogens with zero attached hydrogens (tertiary/aromatic N) is 1. The molecule has 0 bridgehead atoms. The fraction of sp³-hybridized carbons (Fsp3) is 1.00. The molecule has 0 aromatic heterocycles. The molecule has 0 amide bonds. The van der Waals surface area contributed by atoms with Gasteiger partial charge in [0.15, 0.2) is 0 Å². The number of hydrogen-bond acceptors (Lipinski definition) is 3. The predicted molar refractivity (Wildman–Crippen MR) is 73.1 cm³/mol. The summed E-state index contributed by atoms with van der Waals surface area (Å²) in [6.45, 7) is 10.5. The van der Waals surface area contributed by atoms with Crippen LogP contribution in [0.25, 0.3) is 0 Å². The van der Waals surface area contributed by atoms with Crippen molar-refractivity contribution in [3.05, 3.63) is 0 Å². The van der Waals surface area contributed by atoms with Gasteiger partial charge < -0.3 is 10.5 Å². The third-order valence-corrected chi connectivity index (χ3v) is 3.92. The summed E-state index contributed by atoms with van der Waals surface area (Å²) in [7, 11) is 0. The number of nitrogens with two attached hydrogens (primary N) is 1. The first-order chi connectivity index (χ1) is 8.22. The molecule has 0 radical (unpaired) electrons. The third kappa shape index (κ3) is 4.57. The van der Waals surface area contributed by atoms with Crippen molar-refractivity contribution in [2.75, 3.05) is 26.2 Å². The molecular formula is C14H30N2O. The quantitative estimate of drug-likeness (QED) is 0.744. The number of rotatable bonds is 7. The Kier molecular flexibility index (Phi) is 7.09. The zero-order valence-corrected chi connectivity index (χ0v) is 11.8. The van der Waals surface area contributed by atoms with Crippen LogP contribution in [0.4, 0.5) is 0 Å². The van der Waals surface area contributed by atoms with Crippen molar-refractivity contribution in [2.45, 2.75) is 58.6 Å². The highest BCUT2D eigenvalue weighted by Gasteiger charge is 2.28. The maximum absolute atomic E-state index is 5.97. The van der Waals surface area contributed by atoms with Gasteiger partial charge in [-0.1, -0.05) is 20.3 Å². The van der Waals surface area contributed by atoms with Crippen LogP contribution in [0.2, 0.25) is 0 Å². The predicted octanol–water partition coefficient (Wildman–Crippen LogP) is 2.25. The first-order valence-electron chi connectivity index (χ1n) is 7.28. The summed E-state index contributed by atoms with van der Waals surface area (Å²) in [5.41, 5.74) is 5.97. The van der Waals surface area contributed by atoms with E-state index in [-0.39, 0.29) is 0 Å². The monoisotopic (exact) mass is 242 g/mol. The molecular weight excluding hydrogens is 212 g/mol. The summed E-state index contributed by atoms with van der Waals surface area (Å²) in [5.74, 6) is 0.699. The molecule has 3 heteroatoms. The highest BCUT2D eigenvalue weighted by atomic mass is 16.5. The molecule has 17 heavy (non-hydrogen) atoms. The van der Waals surface area contributed by atoms with Crippen LogP contribution in [-0.4, -0.2) is 43.3 Å². The number of hydrogen-bond donors (Lipinski definition) is 1. The van der Waals surface area contributed by atoms with Crippen molar-refractivity contribution in [1.29, 1.82) is 0 Å². The lowest BCUT2D eigenvalue weighted by atomic mass is 9.93. The Balaban J connectivity index is 2.49. The molecule has 3 atom stereocenters. The second kappa shape index (κ2) is 8.06. The van der Waals surface area contributed by atoms with Crippen LogP contribution in [0.1, 0.15) is 46.5 Å². The van der Waals surface area contributed by atoms with E-state index in [1.807, 2.05) is 0 Å². The molecule has 0 saturated carbocycles. The van der Waals surface area contributed by atoms with E-state index < -0.39 is 0 Å². The van der Waals surface area contributed by atoms with Gasteiger partial charge in [0.05, 0.1) is 6.10 Å². The fourth-order valence-electron chi connectivity index (χ4n) is 3.03. The highest BCUT2D eigenvalue weighted by molar-refractivity contribution is 4.83. The van der Waals surface area contributed by atoms with Gasteiger partial charge in [-0.2, -0.15) is 0 Å². The van der Waals surface area contributed by atoms with Crippen molar-refractivity contribution >= 4 is 0 Å². The molecule has 0 aliphatic carbocycles. The molecule has 1 aliphatic heterocycles. The molecule has 1 aliphatic rings. The Morgan fingerprint density at radius 3 is 2.76 bits per heavy atom. The Morgan fingerprint density at radius 2 is 2.18 bits per heavy atom. The lowest BCUT2D eigenvalue weighted by molar-refractivity contribution is -0.0142. The van der Waals surface area contributed by atoms with Crippen LogP contribution < -0.4 is 5.73 Å². The van der Waals surface area contributed by atoms with Crippen molar-refractivity contribution in [3.63, 3.8) is 0 Å². The Bertz CT molecular complexity index is 197. The van der Waals surface area contributed by atoms with E-state index in [1.165, 1.54) is 32.2 Å². The van der Waals surface area contributed by atoms with Gasteiger partial charge in [-0.3, -0.25) is 4.90 Å². The lowest BCUT2D eigenvalue weighted by Gasteiger charge is -2.40. The fourth-order valence-corrected chi connectivity index (χ4v) is 3.03. The summed E-state index contributed by atoms with van der Waals surface area (Å²) in [4.78, 5) is 2.56. The van der Waals surface area contributed by atoms with Crippen LogP contribution in [0, 0.1) is 5.92 Å². The smallest absolute Gasteiger partial charge is 0.0702 e. The molecule has 0 spiro atoms. The Hall–Kier alpha value is -0.120. The normalized spacial score (nSPS) is 25.8. The molecule has 1 rings (SSSR count). The van der Waals surface area contributed by atoms with Crippen molar-refractivity contribution in [1.82, 2.24) is 4.90 Å². The van der Waals surface area contributed by atoms with Crippen molar-refractivity contribution in [2.24, 2.45) is 11.7 Å². The van der Waals surface area contributed by atoms with Gasteiger partial charge in [0, 0.05) is 25.7 Å². The molecule has 102 valence electrons. The standard InChI is InChI=1S/C14H30N2O/c1-4-7-12(3)14(10-15)16-9-6-8-13(11-16)17-5-2/h12-14H,4-11,15H2,1-3H3. The largest absolute Gasteiger partial charge is 0.377 e. The first-order valence-corrected chi connectivity index (χ1v) is 7.28. The summed E-state index contributed by atoms with van der Waals surface area (Å²) in [6.07, 6.45) is 5.42. The minimum absolute atomic E-state index is 0.427. The van der Waals surface area contributed by atoms with Gasteiger partial charge in [0.2, 0.25) is 0 Å². The van der Waals surface area contributed by atoms with E-state index in [0.717, 1.165) is 19.7 Å². The van der Waals surface area contributed by atoms with Gasteiger partial charge in [-0.05, 0) is 38.6 Å². The van der Waals surface area contributed by atoms with Gasteiger partial charge in [0.25, 0.3) is 0 Å². The van der Waals surface area contributed by atoms with E-state index in [4.69, 9.17) is 10.5 Å². The van der Waals surface area contributed by atoms with Crippen LogP contribution in [0.15, 0.2) is 0 Å². The maximum Gasteiger partial charge on any atom is 0.0702 e. The van der Waals surface area contributed by atoms with Gasteiger partial charge in [-0.15, -0.1) is 0 Å². The summed E-state index contributed by atoms with van der Waals surface area (Å²) in [5, 5.41) is 0. The average Bonchev–Trinajstić information content (AvgIpc) is 2.31. The molecule has 1 heterocycles. The number of likely N-dealkylation sites (tertiary alicyclic amines) is 1. The number of ether oxygens (including phenoxy) is 1. The topological polar surface area (TPSA) is 38.5 Å². The van der Waals surface area contributed by atoms with Gasteiger partial charge >= 0.3 is 0 Å². The molecule has 1 fully saturated rings. The summed E-state index contributed by atoms with van der Waals surface area (Å²) >= 11 is 0. The van der Waals surface area contributed by atoms with Crippen LogP contribution in [-0.2, 0) is 4.74 Å². The molecule has 3 nitrogen and oxygen atoms in total. The number of piperidine rings is 1. The van der Waals surface area contributed by atoms with Crippen LogP contribution in [0.5, 0.6) is 0 Å². The van der Waals surface area contributed by atoms with Crippen molar-refractivity contribution < 1.29 is 4.74 Å². The molecule has 2 N–H and O–H groups in total. The molecule has 1 saturated heterocycles. The average molecular weight is 242 g/mol. The minimum Gasteiger partial charge on any atom is -0.377 e. The third-order valence-electron chi connectivity index (χ3n) is 3.92. The Labute approximate surface area is 107 Å². The maximum atomic E-state index is 5.97. The lowest BCUT2D eigenvalue weighted by Crippen LogP contribution is -2.51. The molecule has 0 aromatic carbocycles. The van der Waals surface area contributed by atoms with Gasteiger partial charge in [0.1, 0.15) is 0 Å². The summed E-state index contributed by atoms with van der Waals surface area (Å²) in [6, 6.07) is 0.540. The van der Waals surface area contributed by atoms with E-state index in [0.29, 0.717) is 18.1 Å². The zero-order valence-electron chi connectivity index (χ0n) is 11.8. The van der Waals surface area contributed by atoms with Crippen LogP contribution >= 0.6 is 0 Å². The van der Waals surface area contributed by atoms with E-state index in [2.05, 4.69) is 25.7 Å². The molecule has 0 aromatic rings.